The second-order valence-electron chi connectivity index (χ2n) is 9.08. The summed E-state index contributed by atoms with van der Waals surface area (Å²) in [7, 11) is 0. The summed E-state index contributed by atoms with van der Waals surface area (Å²) in [6.07, 6.45) is 2.51. The summed E-state index contributed by atoms with van der Waals surface area (Å²) in [4.78, 5) is 20.3. The van der Waals surface area contributed by atoms with E-state index in [1.807, 2.05) is 13.1 Å². The Kier molecular flexibility index (Phi) is 5.15. The van der Waals surface area contributed by atoms with E-state index in [2.05, 4.69) is 63.8 Å². The summed E-state index contributed by atoms with van der Waals surface area (Å²) in [5.41, 5.74) is 20.1. The Morgan fingerprint density at radius 3 is 2.67 bits per heavy atom. The number of amidine groups is 1. The molecule has 8 nitrogen and oxygen atoms in total. The first-order valence-corrected chi connectivity index (χ1v) is 11.3. The van der Waals surface area contributed by atoms with Crippen molar-refractivity contribution in [3.05, 3.63) is 52.5 Å². The highest BCUT2D eigenvalue weighted by atomic mass is 16.5. The Labute approximate surface area is 193 Å². The van der Waals surface area contributed by atoms with Gasteiger partial charge in [0.25, 0.3) is 0 Å². The van der Waals surface area contributed by atoms with Gasteiger partial charge in [-0.3, -0.25) is 4.98 Å². The third kappa shape index (κ3) is 3.86. The van der Waals surface area contributed by atoms with E-state index in [1.54, 1.807) is 0 Å². The zero-order valence-electron chi connectivity index (χ0n) is 19.5. The predicted molar refractivity (Wildman–Crippen MR) is 131 cm³/mol. The number of aromatic nitrogens is 3. The lowest BCUT2D eigenvalue weighted by molar-refractivity contribution is 0.329. The molecule has 33 heavy (non-hydrogen) atoms. The van der Waals surface area contributed by atoms with E-state index in [9.17, 15) is 0 Å². The van der Waals surface area contributed by atoms with Gasteiger partial charge in [-0.05, 0) is 49.1 Å². The SMILES string of the molecule is Cc1cc(-c2cnc3c(c2)N=C(N)C3)cc2c1OCCN(c1nc(N)nc(C)c1C(C)C)C2. The summed E-state index contributed by atoms with van der Waals surface area (Å²) >= 11 is 0. The number of aryl methyl sites for hydroxylation is 2. The molecule has 0 atom stereocenters. The largest absolute Gasteiger partial charge is 0.491 e. The molecule has 0 unspecified atom stereocenters. The molecule has 2 aliphatic heterocycles. The topological polar surface area (TPSA) is 116 Å². The van der Waals surface area contributed by atoms with Crippen LogP contribution in [0.15, 0.2) is 29.4 Å². The van der Waals surface area contributed by atoms with E-state index < -0.39 is 0 Å². The van der Waals surface area contributed by atoms with Crippen LogP contribution in [-0.2, 0) is 13.0 Å². The average molecular weight is 444 g/mol. The van der Waals surface area contributed by atoms with Crippen LogP contribution in [0.1, 0.15) is 47.8 Å². The van der Waals surface area contributed by atoms with Gasteiger partial charge in [-0.1, -0.05) is 13.8 Å². The summed E-state index contributed by atoms with van der Waals surface area (Å²) in [6.45, 7) is 10.4. The predicted octanol–water partition coefficient (Wildman–Crippen LogP) is 3.80. The van der Waals surface area contributed by atoms with Crippen LogP contribution in [0.3, 0.4) is 0 Å². The van der Waals surface area contributed by atoms with Crippen molar-refractivity contribution in [2.24, 2.45) is 10.7 Å². The fraction of sp³-hybridized carbons (Fsp3) is 0.360. The molecule has 0 radical (unpaired) electrons. The van der Waals surface area contributed by atoms with Crippen LogP contribution in [0, 0.1) is 13.8 Å². The van der Waals surface area contributed by atoms with Crippen molar-refractivity contribution in [1.29, 1.82) is 0 Å². The van der Waals surface area contributed by atoms with E-state index in [0.29, 0.717) is 37.9 Å². The molecule has 170 valence electrons. The van der Waals surface area contributed by atoms with E-state index >= 15 is 0 Å². The van der Waals surface area contributed by atoms with Crippen LogP contribution in [0.25, 0.3) is 11.1 Å². The molecule has 0 spiro atoms. The number of aliphatic imine (C=N–C) groups is 1. The minimum atomic E-state index is 0.280. The molecule has 0 bridgehead atoms. The van der Waals surface area contributed by atoms with E-state index in [-0.39, 0.29) is 5.92 Å². The molecule has 0 saturated carbocycles. The van der Waals surface area contributed by atoms with Gasteiger partial charge in [-0.2, -0.15) is 4.98 Å². The fourth-order valence-electron chi connectivity index (χ4n) is 4.80. The molecule has 0 fully saturated rings. The Bertz CT molecular complexity index is 1280. The Morgan fingerprint density at radius 1 is 1.06 bits per heavy atom. The van der Waals surface area contributed by atoms with Gasteiger partial charge in [0.05, 0.1) is 17.9 Å². The van der Waals surface area contributed by atoms with Crippen molar-refractivity contribution >= 4 is 23.3 Å². The van der Waals surface area contributed by atoms with Crippen molar-refractivity contribution in [3.8, 4) is 16.9 Å². The van der Waals surface area contributed by atoms with Gasteiger partial charge in [-0.25, -0.2) is 9.98 Å². The number of anilines is 2. The number of nitrogens with two attached hydrogens (primary N) is 2. The number of benzene rings is 1. The van der Waals surface area contributed by atoms with Gasteiger partial charge in [0.15, 0.2) is 0 Å². The minimum Gasteiger partial charge on any atom is -0.491 e. The normalized spacial score (nSPS) is 15.1. The van der Waals surface area contributed by atoms with Crippen LogP contribution in [0.5, 0.6) is 5.75 Å². The van der Waals surface area contributed by atoms with E-state index in [0.717, 1.165) is 56.5 Å². The van der Waals surface area contributed by atoms with Crippen LogP contribution < -0.4 is 21.1 Å². The molecule has 1 aromatic carbocycles. The molecule has 0 saturated heterocycles. The van der Waals surface area contributed by atoms with Gasteiger partial charge in [0.1, 0.15) is 24.0 Å². The Hall–Kier alpha value is -3.68. The number of nitrogens with zero attached hydrogens (tertiary/aromatic N) is 5. The second-order valence-corrected chi connectivity index (χ2v) is 9.08. The molecular weight excluding hydrogens is 414 g/mol. The van der Waals surface area contributed by atoms with Gasteiger partial charge >= 0.3 is 0 Å². The molecule has 4 N–H and O–H groups in total. The zero-order valence-corrected chi connectivity index (χ0v) is 19.5. The molecule has 2 aliphatic rings. The molecule has 4 heterocycles. The maximum absolute atomic E-state index is 6.20. The highest BCUT2D eigenvalue weighted by Gasteiger charge is 2.24. The fourth-order valence-corrected chi connectivity index (χ4v) is 4.80. The van der Waals surface area contributed by atoms with Crippen molar-refractivity contribution < 1.29 is 4.74 Å². The van der Waals surface area contributed by atoms with Gasteiger partial charge in [0.2, 0.25) is 5.95 Å². The van der Waals surface area contributed by atoms with Gasteiger partial charge in [0, 0.05) is 41.5 Å². The number of ether oxygens (including phenoxy) is 1. The number of hydrogen-bond acceptors (Lipinski definition) is 8. The number of fused-ring (bicyclic) bond motifs is 2. The van der Waals surface area contributed by atoms with Crippen LogP contribution in [0.2, 0.25) is 0 Å². The zero-order chi connectivity index (χ0) is 23.3. The summed E-state index contributed by atoms with van der Waals surface area (Å²) in [5.74, 6) is 3.01. The number of rotatable bonds is 3. The van der Waals surface area contributed by atoms with Crippen molar-refractivity contribution in [3.63, 3.8) is 0 Å². The van der Waals surface area contributed by atoms with Crippen molar-refractivity contribution in [2.75, 3.05) is 23.8 Å². The quantitative estimate of drug-likeness (QED) is 0.632. The third-order valence-corrected chi connectivity index (χ3v) is 6.22. The minimum absolute atomic E-state index is 0.280. The Morgan fingerprint density at radius 2 is 1.88 bits per heavy atom. The lowest BCUT2D eigenvalue weighted by Gasteiger charge is -2.26. The summed E-state index contributed by atoms with van der Waals surface area (Å²) in [6, 6.07) is 6.38. The van der Waals surface area contributed by atoms with E-state index in [4.69, 9.17) is 16.2 Å². The lowest BCUT2D eigenvalue weighted by Crippen LogP contribution is -2.28. The molecule has 2 aromatic heterocycles. The number of hydrogen-bond donors (Lipinski definition) is 2. The van der Waals surface area contributed by atoms with Crippen molar-refractivity contribution in [1.82, 2.24) is 15.0 Å². The number of nitrogen functional groups attached to an aromatic ring is 1. The smallest absolute Gasteiger partial charge is 0.222 e. The molecule has 0 amide bonds. The van der Waals surface area contributed by atoms with Gasteiger partial charge in [-0.15, -0.1) is 0 Å². The summed E-state index contributed by atoms with van der Waals surface area (Å²) < 4.78 is 6.20. The molecule has 0 aliphatic carbocycles. The first-order chi connectivity index (χ1) is 15.8. The third-order valence-electron chi connectivity index (χ3n) is 6.22. The first kappa shape index (κ1) is 21.2. The molecular formula is C25H29N7O. The van der Waals surface area contributed by atoms with Crippen molar-refractivity contribution in [2.45, 2.75) is 46.6 Å². The summed E-state index contributed by atoms with van der Waals surface area (Å²) in [5, 5.41) is 0. The van der Waals surface area contributed by atoms with Crippen LogP contribution in [0.4, 0.5) is 17.5 Å². The van der Waals surface area contributed by atoms with E-state index in [1.165, 1.54) is 0 Å². The maximum Gasteiger partial charge on any atom is 0.222 e. The standard InChI is InChI=1S/C25H29N7O/c1-13(2)22-15(4)29-25(27)31-24(22)32-5-6-33-23-14(3)7-16(8-18(23)12-32)17-9-20-19(28-11-17)10-21(26)30-20/h7-9,11,13H,5-6,10,12H2,1-4H3,(H2,26,30)(H2,27,29,31). The Balaban J connectivity index is 1.56. The molecule has 5 rings (SSSR count). The average Bonchev–Trinajstić information content (AvgIpc) is 2.98. The van der Waals surface area contributed by atoms with Gasteiger partial charge < -0.3 is 21.1 Å². The monoisotopic (exact) mass is 443 g/mol. The lowest BCUT2D eigenvalue weighted by atomic mass is 9.98. The maximum atomic E-state index is 6.20. The second kappa shape index (κ2) is 8.03. The molecule has 3 aromatic rings. The van der Waals surface area contributed by atoms with Crippen LogP contribution in [-0.4, -0.2) is 33.9 Å². The highest BCUT2D eigenvalue weighted by molar-refractivity contribution is 5.91. The first-order valence-electron chi connectivity index (χ1n) is 11.3. The number of pyridine rings is 1. The molecule has 8 heteroatoms. The highest BCUT2D eigenvalue weighted by Crippen LogP contribution is 2.37. The van der Waals surface area contributed by atoms with Crippen LogP contribution >= 0.6 is 0 Å².